The number of guanidine groups is 1. The minimum absolute atomic E-state index is 0.627. The van der Waals surface area contributed by atoms with Gasteiger partial charge in [0.25, 0.3) is 0 Å². The van der Waals surface area contributed by atoms with Gasteiger partial charge in [-0.1, -0.05) is 44.2 Å². The molecule has 94 valence electrons. The molecule has 1 aromatic carbocycles. The van der Waals surface area contributed by atoms with Crippen LogP contribution in [0.4, 0.5) is 0 Å². The molecule has 0 aliphatic carbocycles. The normalized spacial score (nSPS) is 11.6. The SMILES string of the molecule is CN=C(NCCc1ccccc1)NCC(C)C. The summed E-state index contributed by atoms with van der Waals surface area (Å²) in [6.07, 6.45) is 1.02. The van der Waals surface area contributed by atoms with Crippen LogP contribution >= 0.6 is 0 Å². The van der Waals surface area contributed by atoms with Crippen molar-refractivity contribution in [3.8, 4) is 0 Å². The number of hydrogen-bond donors (Lipinski definition) is 2. The number of nitrogens with one attached hydrogen (secondary N) is 2. The summed E-state index contributed by atoms with van der Waals surface area (Å²) in [4.78, 5) is 4.19. The molecule has 0 bridgehead atoms. The summed E-state index contributed by atoms with van der Waals surface area (Å²) in [7, 11) is 1.80. The highest BCUT2D eigenvalue weighted by molar-refractivity contribution is 5.79. The maximum atomic E-state index is 4.19. The summed E-state index contributed by atoms with van der Waals surface area (Å²) in [6, 6.07) is 10.5. The number of benzene rings is 1. The number of nitrogens with zero attached hydrogens (tertiary/aromatic N) is 1. The topological polar surface area (TPSA) is 36.4 Å². The molecular weight excluding hydrogens is 210 g/mol. The molecule has 17 heavy (non-hydrogen) atoms. The first-order valence-electron chi connectivity index (χ1n) is 6.21. The van der Waals surface area contributed by atoms with E-state index in [-0.39, 0.29) is 0 Å². The summed E-state index contributed by atoms with van der Waals surface area (Å²) in [5.41, 5.74) is 1.35. The lowest BCUT2D eigenvalue weighted by Crippen LogP contribution is -2.39. The zero-order chi connectivity index (χ0) is 12.5. The predicted octanol–water partition coefficient (Wildman–Crippen LogP) is 2.05. The average Bonchev–Trinajstić information content (AvgIpc) is 2.34. The van der Waals surface area contributed by atoms with Crippen molar-refractivity contribution in [2.45, 2.75) is 20.3 Å². The Labute approximate surface area is 104 Å². The van der Waals surface area contributed by atoms with Gasteiger partial charge in [0, 0.05) is 20.1 Å². The van der Waals surface area contributed by atoms with Crippen LogP contribution in [0, 0.1) is 5.92 Å². The van der Waals surface area contributed by atoms with Gasteiger partial charge in [-0.3, -0.25) is 4.99 Å². The first-order chi connectivity index (χ1) is 8.22. The Kier molecular flexibility index (Phi) is 6.15. The van der Waals surface area contributed by atoms with Gasteiger partial charge in [0.2, 0.25) is 0 Å². The maximum Gasteiger partial charge on any atom is 0.190 e. The minimum Gasteiger partial charge on any atom is -0.356 e. The Morgan fingerprint density at radius 1 is 1.18 bits per heavy atom. The van der Waals surface area contributed by atoms with Gasteiger partial charge < -0.3 is 10.6 Å². The molecule has 3 heteroatoms. The van der Waals surface area contributed by atoms with Gasteiger partial charge in [0.05, 0.1) is 0 Å². The number of rotatable bonds is 5. The zero-order valence-corrected chi connectivity index (χ0v) is 11.0. The fourth-order valence-electron chi connectivity index (χ4n) is 1.49. The molecule has 0 saturated heterocycles. The van der Waals surface area contributed by atoms with Crippen molar-refractivity contribution in [3.63, 3.8) is 0 Å². The van der Waals surface area contributed by atoms with E-state index in [0.29, 0.717) is 5.92 Å². The van der Waals surface area contributed by atoms with Gasteiger partial charge in [-0.15, -0.1) is 0 Å². The van der Waals surface area contributed by atoms with Crippen molar-refractivity contribution < 1.29 is 0 Å². The highest BCUT2D eigenvalue weighted by atomic mass is 15.2. The Hall–Kier alpha value is -1.51. The summed E-state index contributed by atoms with van der Waals surface area (Å²) in [5.74, 6) is 1.51. The largest absolute Gasteiger partial charge is 0.356 e. The van der Waals surface area contributed by atoms with Crippen LogP contribution < -0.4 is 10.6 Å². The van der Waals surface area contributed by atoms with Crippen LogP contribution in [0.15, 0.2) is 35.3 Å². The van der Waals surface area contributed by atoms with E-state index >= 15 is 0 Å². The smallest absolute Gasteiger partial charge is 0.190 e. The molecule has 0 radical (unpaired) electrons. The Bertz CT molecular complexity index is 331. The van der Waals surface area contributed by atoms with Crippen molar-refractivity contribution in [2.24, 2.45) is 10.9 Å². The van der Waals surface area contributed by atoms with Gasteiger partial charge in [-0.25, -0.2) is 0 Å². The summed E-state index contributed by atoms with van der Waals surface area (Å²) < 4.78 is 0. The second kappa shape index (κ2) is 7.71. The highest BCUT2D eigenvalue weighted by Gasteiger charge is 1.98. The predicted molar refractivity (Wildman–Crippen MR) is 74.3 cm³/mol. The van der Waals surface area contributed by atoms with Crippen molar-refractivity contribution in [1.29, 1.82) is 0 Å². The minimum atomic E-state index is 0.627. The summed E-state index contributed by atoms with van der Waals surface area (Å²) in [6.45, 7) is 6.22. The van der Waals surface area contributed by atoms with Gasteiger partial charge in [0.15, 0.2) is 5.96 Å². The van der Waals surface area contributed by atoms with Crippen molar-refractivity contribution in [1.82, 2.24) is 10.6 Å². The monoisotopic (exact) mass is 233 g/mol. The zero-order valence-electron chi connectivity index (χ0n) is 11.0. The molecule has 2 N–H and O–H groups in total. The van der Waals surface area contributed by atoms with Crippen LogP contribution in [-0.4, -0.2) is 26.1 Å². The summed E-state index contributed by atoms with van der Waals surface area (Å²) >= 11 is 0. The van der Waals surface area contributed by atoms with E-state index in [1.54, 1.807) is 7.05 Å². The van der Waals surface area contributed by atoms with Crippen LogP contribution in [0.25, 0.3) is 0 Å². The first kappa shape index (κ1) is 13.6. The molecule has 0 amide bonds. The molecule has 1 aromatic rings. The van der Waals surface area contributed by atoms with Crippen LogP contribution in [0.2, 0.25) is 0 Å². The van der Waals surface area contributed by atoms with Gasteiger partial charge in [0.1, 0.15) is 0 Å². The summed E-state index contributed by atoms with van der Waals surface area (Å²) in [5, 5.41) is 6.61. The second-order valence-corrected chi connectivity index (χ2v) is 4.51. The van der Waals surface area contributed by atoms with Gasteiger partial charge >= 0.3 is 0 Å². The van der Waals surface area contributed by atoms with E-state index in [1.165, 1.54) is 5.56 Å². The Morgan fingerprint density at radius 2 is 1.88 bits per heavy atom. The lowest BCUT2D eigenvalue weighted by Gasteiger charge is -2.13. The molecule has 1 rings (SSSR count). The molecule has 0 aliphatic heterocycles. The molecule has 3 nitrogen and oxygen atoms in total. The number of hydrogen-bond acceptors (Lipinski definition) is 1. The molecule has 0 saturated carbocycles. The molecule has 0 atom stereocenters. The Balaban J connectivity index is 2.25. The molecular formula is C14H23N3. The van der Waals surface area contributed by atoms with Crippen molar-refractivity contribution in [3.05, 3.63) is 35.9 Å². The molecule has 0 aliphatic rings. The molecule has 0 unspecified atom stereocenters. The van der Waals surface area contributed by atoms with Crippen LogP contribution in [0.1, 0.15) is 19.4 Å². The lowest BCUT2D eigenvalue weighted by atomic mass is 10.1. The molecule has 0 heterocycles. The highest BCUT2D eigenvalue weighted by Crippen LogP contribution is 1.97. The van der Waals surface area contributed by atoms with Gasteiger partial charge in [-0.2, -0.15) is 0 Å². The van der Waals surface area contributed by atoms with E-state index in [0.717, 1.165) is 25.5 Å². The van der Waals surface area contributed by atoms with E-state index in [2.05, 4.69) is 53.7 Å². The third-order valence-electron chi connectivity index (χ3n) is 2.45. The number of aliphatic imine (C=N–C) groups is 1. The Morgan fingerprint density at radius 3 is 2.47 bits per heavy atom. The fourth-order valence-corrected chi connectivity index (χ4v) is 1.49. The van der Waals surface area contributed by atoms with E-state index < -0.39 is 0 Å². The maximum absolute atomic E-state index is 4.19. The third-order valence-corrected chi connectivity index (χ3v) is 2.45. The van der Waals surface area contributed by atoms with Crippen LogP contribution in [0.3, 0.4) is 0 Å². The fraction of sp³-hybridized carbons (Fsp3) is 0.500. The van der Waals surface area contributed by atoms with Gasteiger partial charge in [-0.05, 0) is 17.9 Å². The quantitative estimate of drug-likeness (QED) is 0.603. The molecule has 0 spiro atoms. The van der Waals surface area contributed by atoms with Crippen molar-refractivity contribution in [2.75, 3.05) is 20.1 Å². The molecule has 0 fully saturated rings. The third kappa shape index (κ3) is 5.95. The van der Waals surface area contributed by atoms with E-state index in [9.17, 15) is 0 Å². The first-order valence-corrected chi connectivity index (χ1v) is 6.21. The van der Waals surface area contributed by atoms with E-state index in [1.807, 2.05) is 6.07 Å². The van der Waals surface area contributed by atoms with Crippen molar-refractivity contribution >= 4 is 5.96 Å². The van der Waals surface area contributed by atoms with Crippen LogP contribution in [0.5, 0.6) is 0 Å². The lowest BCUT2D eigenvalue weighted by molar-refractivity contribution is 0.614. The second-order valence-electron chi connectivity index (χ2n) is 4.51. The molecule has 0 aromatic heterocycles. The average molecular weight is 233 g/mol. The van der Waals surface area contributed by atoms with Crippen LogP contribution in [-0.2, 0) is 6.42 Å². The standard InChI is InChI=1S/C14H23N3/c1-12(2)11-17-14(15-3)16-10-9-13-7-5-4-6-8-13/h4-8,12H,9-11H2,1-3H3,(H2,15,16,17). The van der Waals surface area contributed by atoms with E-state index in [4.69, 9.17) is 0 Å².